The number of tetrazole rings is 1. The largest absolute Gasteiger partial charge is 0.316 e. The number of aromatic nitrogens is 5. The van der Waals surface area contributed by atoms with Crippen molar-refractivity contribution in [1.82, 2.24) is 25.6 Å². The van der Waals surface area contributed by atoms with Crippen LogP contribution in [0.15, 0.2) is 24.4 Å². The predicted molar refractivity (Wildman–Crippen MR) is 44.4 cm³/mol. The smallest absolute Gasteiger partial charge is 0.197 e. The van der Waals surface area contributed by atoms with E-state index < -0.39 is 6.04 Å². The summed E-state index contributed by atoms with van der Waals surface area (Å²) in [5.74, 6) is 0.443. The molecule has 2 aromatic rings. The van der Waals surface area contributed by atoms with E-state index in [1.54, 1.807) is 6.20 Å². The fourth-order valence-corrected chi connectivity index (χ4v) is 0.993. The van der Waals surface area contributed by atoms with E-state index >= 15 is 0 Å². The van der Waals surface area contributed by atoms with Gasteiger partial charge in [-0.25, -0.2) is 0 Å². The number of hydrogen-bond donors (Lipinski definition) is 2. The van der Waals surface area contributed by atoms with Crippen LogP contribution >= 0.6 is 0 Å². The Morgan fingerprint density at radius 2 is 2.31 bits per heavy atom. The zero-order valence-corrected chi connectivity index (χ0v) is 6.75. The summed E-state index contributed by atoms with van der Waals surface area (Å²) in [5.41, 5.74) is 6.54. The zero-order valence-electron chi connectivity index (χ0n) is 6.75. The second-order valence-corrected chi connectivity index (χ2v) is 2.50. The summed E-state index contributed by atoms with van der Waals surface area (Å²) in [6.45, 7) is 0. The highest BCUT2D eigenvalue weighted by atomic mass is 15.5. The highest BCUT2D eigenvalue weighted by Crippen LogP contribution is 2.10. The first kappa shape index (κ1) is 7.81. The quantitative estimate of drug-likeness (QED) is 0.651. The van der Waals surface area contributed by atoms with Crippen LogP contribution in [0.3, 0.4) is 0 Å². The topological polar surface area (TPSA) is 93.4 Å². The second-order valence-electron chi connectivity index (χ2n) is 2.50. The molecule has 0 aromatic carbocycles. The number of hydrogen-bond acceptors (Lipinski definition) is 5. The van der Waals surface area contributed by atoms with Gasteiger partial charge in [0.25, 0.3) is 0 Å². The standard InChI is InChI=1S/C7H8N6/c8-6(7-10-12-13-11-7)5-3-1-2-4-9-5/h1-4,6H,8H2,(H,10,11,12,13). The first-order valence-electron chi connectivity index (χ1n) is 3.78. The lowest BCUT2D eigenvalue weighted by Gasteiger charge is -2.04. The van der Waals surface area contributed by atoms with E-state index in [1.165, 1.54) is 0 Å². The molecule has 6 nitrogen and oxygen atoms in total. The Bertz CT molecular complexity index is 356. The lowest BCUT2D eigenvalue weighted by atomic mass is 10.2. The highest BCUT2D eigenvalue weighted by Gasteiger charge is 2.13. The number of nitrogens with zero attached hydrogens (tertiary/aromatic N) is 4. The van der Waals surface area contributed by atoms with Gasteiger partial charge in [-0.15, -0.1) is 10.2 Å². The molecule has 0 aliphatic rings. The van der Waals surface area contributed by atoms with Gasteiger partial charge in [-0.3, -0.25) is 4.98 Å². The van der Waals surface area contributed by atoms with Gasteiger partial charge in [-0.1, -0.05) is 11.3 Å². The maximum absolute atomic E-state index is 5.81. The van der Waals surface area contributed by atoms with Gasteiger partial charge in [-0.05, 0) is 12.1 Å². The molecule has 0 spiro atoms. The van der Waals surface area contributed by atoms with E-state index in [4.69, 9.17) is 5.73 Å². The molecule has 13 heavy (non-hydrogen) atoms. The minimum absolute atomic E-state index is 0.417. The Kier molecular flexibility index (Phi) is 1.97. The molecule has 0 bridgehead atoms. The van der Waals surface area contributed by atoms with Crippen molar-refractivity contribution in [3.05, 3.63) is 35.9 Å². The summed E-state index contributed by atoms with van der Waals surface area (Å²) in [6, 6.07) is 5.09. The third-order valence-electron chi connectivity index (χ3n) is 1.65. The number of aromatic amines is 1. The fourth-order valence-electron chi connectivity index (χ4n) is 0.993. The van der Waals surface area contributed by atoms with Crippen LogP contribution in [-0.2, 0) is 0 Å². The first-order chi connectivity index (χ1) is 6.38. The molecule has 66 valence electrons. The average molecular weight is 176 g/mol. The van der Waals surface area contributed by atoms with E-state index in [0.29, 0.717) is 5.82 Å². The molecule has 1 atom stereocenters. The minimum Gasteiger partial charge on any atom is -0.316 e. The van der Waals surface area contributed by atoms with Gasteiger partial charge in [0.2, 0.25) is 0 Å². The summed E-state index contributed by atoms with van der Waals surface area (Å²) < 4.78 is 0. The van der Waals surface area contributed by atoms with Crippen molar-refractivity contribution in [3.8, 4) is 0 Å². The van der Waals surface area contributed by atoms with Crippen LogP contribution in [0.1, 0.15) is 17.6 Å². The Balaban J connectivity index is 2.29. The molecule has 0 aliphatic heterocycles. The van der Waals surface area contributed by atoms with Crippen LogP contribution < -0.4 is 5.73 Å². The van der Waals surface area contributed by atoms with Crippen LogP contribution in [0, 0.1) is 0 Å². The van der Waals surface area contributed by atoms with E-state index in [9.17, 15) is 0 Å². The van der Waals surface area contributed by atoms with E-state index in [2.05, 4.69) is 25.6 Å². The maximum Gasteiger partial charge on any atom is 0.197 e. The van der Waals surface area contributed by atoms with Crippen LogP contribution in [0.4, 0.5) is 0 Å². The van der Waals surface area contributed by atoms with Crippen LogP contribution in [0.25, 0.3) is 0 Å². The molecular formula is C7H8N6. The van der Waals surface area contributed by atoms with Crippen molar-refractivity contribution in [2.24, 2.45) is 5.73 Å². The molecule has 3 N–H and O–H groups in total. The maximum atomic E-state index is 5.81. The monoisotopic (exact) mass is 176 g/mol. The second kappa shape index (κ2) is 3.28. The molecule has 2 rings (SSSR count). The third kappa shape index (κ3) is 1.52. The zero-order chi connectivity index (χ0) is 9.10. The van der Waals surface area contributed by atoms with Crippen molar-refractivity contribution in [1.29, 1.82) is 0 Å². The number of nitrogens with one attached hydrogen (secondary N) is 1. The van der Waals surface area contributed by atoms with Gasteiger partial charge in [0.1, 0.15) is 6.04 Å². The van der Waals surface area contributed by atoms with E-state index in [0.717, 1.165) is 5.69 Å². The van der Waals surface area contributed by atoms with Crippen LogP contribution in [0.5, 0.6) is 0 Å². The van der Waals surface area contributed by atoms with E-state index in [1.807, 2.05) is 18.2 Å². The minimum atomic E-state index is -0.417. The van der Waals surface area contributed by atoms with Gasteiger partial charge in [0.15, 0.2) is 5.82 Å². The Morgan fingerprint density at radius 1 is 1.38 bits per heavy atom. The van der Waals surface area contributed by atoms with Crippen molar-refractivity contribution in [3.63, 3.8) is 0 Å². The van der Waals surface area contributed by atoms with Crippen molar-refractivity contribution >= 4 is 0 Å². The van der Waals surface area contributed by atoms with Crippen molar-refractivity contribution in [2.45, 2.75) is 6.04 Å². The highest BCUT2D eigenvalue weighted by molar-refractivity contribution is 5.14. The molecule has 2 aromatic heterocycles. The molecule has 0 saturated carbocycles. The molecule has 0 saturated heterocycles. The third-order valence-corrected chi connectivity index (χ3v) is 1.65. The SMILES string of the molecule is NC(c1ccccn1)c1nn[nH]n1. The summed E-state index contributed by atoms with van der Waals surface area (Å²) in [5, 5.41) is 13.3. The van der Waals surface area contributed by atoms with Gasteiger partial charge in [0.05, 0.1) is 5.69 Å². The Hall–Kier alpha value is -1.82. The molecule has 0 amide bonds. The van der Waals surface area contributed by atoms with Gasteiger partial charge >= 0.3 is 0 Å². The Morgan fingerprint density at radius 3 is 2.92 bits per heavy atom. The van der Waals surface area contributed by atoms with Gasteiger partial charge in [-0.2, -0.15) is 5.21 Å². The van der Waals surface area contributed by atoms with Gasteiger partial charge in [0, 0.05) is 6.20 Å². The molecule has 1 unspecified atom stereocenters. The normalized spacial score (nSPS) is 12.7. The average Bonchev–Trinajstić information content (AvgIpc) is 2.71. The summed E-state index contributed by atoms with van der Waals surface area (Å²) in [6.07, 6.45) is 1.68. The first-order valence-corrected chi connectivity index (χ1v) is 3.78. The van der Waals surface area contributed by atoms with Crippen molar-refractivity contribution < 1.29 is 0 Å². The molecular weight excluding hydrogens is 168 g/mol. The summed E-state index contributed by atoms with van der Waals surface area (Å²) in [4.78, 5) is 4.09. The molecule has 0 fully saturated rings. The molecule has 2 heterocycles. The molecule has 6 heteroatoms. The molecule has 0 radical (unpaired) electrons. The van der Waals surface area contributed by atoms with E-state index in [-0.39, 0.29) is 0 Å². The molecule has 0 aliphatic carbocycles. The summed E-state index contributed by atoms with van der Waals surface area (Å²) in [7, 11) is 0. The summed E-state index contributed by atoms with van der Waals surface area (Å²) >= 11 is 0. The number of pyridine rings is 1. The van der Waals surface area contributed by atoms with Crippen LogP contribution in [-0.4, -0.2) is 25.6 Å². The van der Waals surface area contributed by atoms with Crippen LogP contribution in [0.2, 0.25) is 0 Å². The fraction of sp³-hybridized carbons (Fsp3) is 0.143. The van der Waals surface area contributed by atoms with Gasteiger partial charge < -0.3 is 5.73 Å². The number of rotatable bonds is 2. The lowest BCUT2D eigenvalue weighted by Crippen LogP contribution is -2.14. The number of H-pyrrole nitrogens is 1. The Labute approximate surface area is 74.2 Å². The lowest BCUT2D eigenvalue weighted by molar-refractivity contribution is 0.757. The van der Waals surface area contributed by atoms with Crippen molar-refractivity contribution in [2.75, 3.05) is 0 Å². The number of nitrogens with two attached hydrogens (primary N) is 1. The predicted octanol–water partition coefficient (Wildman–Crippen LogP) is -0.357.